The summed E-state index contributed by atoms with van der Waals surface area (Å²) < 4.78 is 69.2. The van der Waals surface area contributed by atoms with E-state index in [0.29, 0.717) is 19.7 Å². The predicted molar refractivity (Wildman–Crippen MR) is 151 cm³/mol. The summed E-state index contributed by atoms with van der Waals surface area (Å²) in [7, 11) is -1.52. The summed E-state index contributed by atoms with van der Waals surface area (Å²) in [5, 5.41) is 8.35. The number of carboxylic acids is 1. The van der Waals surface area contributed by atoms with E-state index in [0.717, 1.165) is 56.0 Å². The van der Waals surface area contributed by atoms with Crippen molar-refractivity contribution in [2.75, 3.05) is 59.2 Å². The highest BCUT2D eigenvalue weighted by Gasteiger charge is 2.48. The van der Waals surface area contributed by atoms with Crippen LogP contribution in [0.3, 0.4) is 0 Å². The van der Waals surface area contributed by atoms with Crippen LogP contribution in [0.15, 0.2) is 48.5 Å². The third kappa shape index (κ3) is 7.54. The molecule has 1 atom stereocenters. The lowest BCUT2D eigenvalue weighted by Crippen LogP contribution is -2.54. The molecule has 1 fully saturated rings. The third-order valence-corrected chi connectivity index (χ3v) is 8.28. The maximum absolute atomic E-state index is 11.7. The van der Waals surface area contributed by atoms with Crippen LogP contribution in [0.5, 0.6) is 11.5 Å². The van der Waals surface area contributed by atoms with Gasteiger partial charge in [-0.25, -0.2) is 17.9 Å². The number of likely N-dealkylation sites (tertiary alicyclic amines) is 1. The van der Waals surface area contributed by atoms with Crippen LogP contribution in [-0.2, 0) is 26.8 Å². The molecule has 1 saturated heterocycles. The van der Waals surface area contributed by atoms with Gasteiger partial charge in [-0.15, -0.1) is 0 Å². The molecule has 0 bridgehead atoms. The van der Waals surface area contributed by atoms with Crippen molar-refractivity contribution in [3.63, 3.8) is 0 Å². The van der Waals surface area contributed by atoms with Crippen LogP contribution in [-0.4, -0.2) is 99.7 Å². The Morgan fingerprint density at radius 2 is 1.83 bits per heavy atom. The smallest absolute Gasteiger partial charge is 0.490 e. The summed E-state index contributed by atoms with van der Waals surface area (Å²) in [5.74, 6) is -1.01. The normalized spacial score (nSPS) is 19.4. The number of methoxy groups -OCH3 is 1. The molecule has 3 aromatic rings. The van der Waals surface area contributed by atoms with Gasteiger partial charge in [-0.1, -0.05) is 18.2 Å². The summed E-state index contributed by atoms with van der Waals surface area (Å²) in [5.41, 5.74) is 3.55. The summed E-state index contributed by atoms with van der Waals surface area (Å²) in [6.45, 7) is 5.27. The monoisotopic (exact) mass is 612 g/mol. The van der Waals surface area contributed by atoms with E-state index in [1.807, 2.05) is 36.4 Å². The van der Waals surface area contributed by atoms with Crippen LogP contribution in [0.2, 0.25) is 0 Å². The maximum atomic E-state index is 11.7. The number of alkyl halides is 3. The van der Waals surface area contributed by atoms with E-state index in [9.17, 15) is 21.6 Å². The molecule has 2 aliphatic rings. The number of benzene rings is 2. The van der Waals surface area contributed by atoms with Crippen LogP contribution in [0.25, 0.3) is 10.9 Å². The molecular formula is C28H35F3N4O6S. The number of rotatable bonds is 9. The quantitative estimate of drug-likeness (QED) is 0.337. The van der Waals surface area contributed by atoms with Gasteiger partial charge in [-0.05, 0) is 48.7 Å². The van der Waals surface area contributed by atoms with Gasteiger partial charge in [-0.3, -0.25) is 9.80 Å². The Bertz CT molecular complexity index is 1480. The topological polar surface area (TPSA) is 124 Å². The van der Waals surface area contributed by atoms with Gasteiger partial charge in [0.1, 0.15) is 18.1 Å². The number of aromatic amines is 1. The first kappa shape index (κ1) is 31.6. The Morgan fingerprint density at radius 3 is 2.48 bits per heavy atom. The second-order valence-corrected chi connectivity index (χ2v) is 12.1. The van der Waals surface area contributed by atoms with Crippen molar-refractivity contribution in [3.05, 3.63) is 59.8 Å². The van der Waals surface area contributed by atoms with Crippen LogP contribution < -0.4 is 14.2 Å². The van der Waals surface area contributed by atoms with Gasteiger partial charge in [0.15, 0.2) is 0 Å². The first-order chi connectivity index (χ1) is 19.8. The van der Waals surface area contributed by atoms with Crippen LogP contribution in [0.4, 0.5) is 13.2 Å². The fourth-order valence-electron chi connectivity index (χ4n) is 5.65. The minimum atomic E-state index is -5.08. The van der Waals surface area contributed by atoms with E-state index >= 15 is 0 Å². The number of aliphatic carboxylic acids is 1. The van der Waals surface area contributed by atoms with Gasteiger partial charge in [0.25, 0.3) is 0 Å². The van der Waals surface area contributed by atoms with E-state index in [-0.39, 0.29) is 5.54 Å². The highest BCUT2D eigenvalue weighted by Crippen LogP contribution is 2.45. The molecule has 0 saturated carbocycles. The lowest BCUT2D eigenvalue weighted by molar-refractivity contribution is -0.192. The number of ether oxygens (including phenoxy) is 2. The minimum absolute atomic E-state index is 0.189. The largest absolute Gasteiger partial charge is 0.497 e. The molecule has 2 aromatic carbocycles. The predicted octanol–water partition coefficient (Wildman–Crippen LogP) is 3.20. The number of para-hydroxylation sites is 1. The number of hydrogen-bond acceptors (Lipinski definition) is 7. The molecule has 1 aromatic heterocycles. The number of nitrogens with one attached hydrogen (secondary N) is 2. The average Bonchev–Trinajstić information content (AvgIpc) is 3.52. The van der Waals surface area contributed by atoms with E-state index in [1.54, 1.807) is 7.11 Å². The fourth-order valence-corrected chi connectivity index (χ4v) is 6.12. The molecule has 230 valence electrons. The lowest BCUT2D eigenvalue weighted by atomic mass is 9.84. The van der Waals surface area contributed by atoms with Crippen molar-refractivity contribution < 1.29 is 41.0 Å². The first-order valence-corrected chi connectivity index (χ1v) is 15.3. The summed E-state index contributed by atoms with van der Waals surface area (Å²) in [6, 6.07) is 16.1. The molecule has 2 aliphatic heterocycles. The molecule has 3 heterocycles. The number of carboxylic acid groups (broad SMARTS) is 1. The van der Waals surface area contributed by atoms with Crippen molar-refractivity contribution in [3.8, 4) is 11.5 Å². The average molecular weight is 613 g/mol. The molecule has 3 N–H and O–H groups in total. The van der Waals surface area contributed by atoms with Gasteiger partial charge in [0, 0.05) is 55.9 Å². The summed E-state index contributed by atoms with van der Waals surface area (Å²) >= 11 is 0. The van der Waals surface area contributed by atoms with Gasteiger partial charge < -0.3 is 19.6 Å². The Morgan fingerprint density at radius 1 is 1.12 bits per heavy atom. The molecule has 1 spiro atoms. The van der Waals surface area contributed by atoms with Crippen molar-refractivity contribution in [1.82, 2.24) is 19.5 Å². The molecule has 14 heteroatoms. The zero-order valence-corrected chi connectivity index (χ0v) is 24.2. The Balaban J connectivity index is 0.000000517. The highest BCUT2D eigenvalue weighted by atomic mass is 32.2. The van der Waals surface area contributed by atoms with E-state index in [4.69, 9.17) is 19.4 Å². The maximum Gasteiger partial charge on any atom is 0.490 e. The molecule has 10 nitrogen and oxygen atoms in total. The highest BCUT2D eigenvalue weighted by molar-refractivity contribution is 7.88. The van der Waals surface area contributed by atoms with Gasteiger partial charge in [0.05, 0.1) is 18.9 Å². The zero-order valence-electron chi connectivity index (χ0n) is 23.4. The van der Waals surface area contributed by atoms with Crippen LogP contribution in [0.1, 0.15) is 17.7 Å². The Hall–Kier alpha value is -3.33. The molecule has 0 radical (unpaired) electrons. The molecule has 5 rings (SSSR count). The molecule has 42 heavy (non-hydrogen) atoms. The van der Waals surface area contributed by atoms with E-state index in [1.165, 1.54) is 22.9 Å². The number of sulfonamides is 1. The second kappa shape index (κ2) is 12.9. The first-order valence-electron chi connectivity index (χ1n) is 13.4. The van der Waals surface area contributed by atoms with Crippen molar-refractivity contribution in [1.29, 1.82) is 0 Å². The summed E-state index contributed by atoms with van der Waals surface area (Å²) in [4.78, 5) is 17.6. The van der Waals surface area contributed by atoms with Crippen molar-refractivity contribution >= 4 is 26.9 Å². The molecular weight excluding hydrogens is 577 g/mol. The molecule has 0 amide bonds. The van der Waals surface area contributed by atoms with Gasteiger partial charge >= 0.3 is 12.1 Å². The Labute approximate surface area is 242 Å². The third-order valence-electron chi connectivity index (χ3n) is 7.55. The molecule has 0 aliphatic carbocycles. The van der Waals surface area contributed by atoms with E-state index in [2.05, 4.69) is 31.6 Å². The number of halogens is 3. The summed E-state index contributed by atoms with van der Waals surface area (Å²) in [6.07, 6.45) is -1.97. The van der Waals surface area contributed by atoms with Gasteiger partial charge in [0.2, 0.25) is 10.0 Å². The van der Waals surface area contributed by atoms with Gasteiger partial charge in [-0.2, -0.15) is 13.2 Å². The second-order valence-electron chi connectivity index (χ2n) is 10.3. The minimum Gasteiger partial charge on any atom is -0.497 e. The fraction of sp³-hybridized carbons (Fsp3) is 0.464. The number of nitrogens with zero attached hydrogens (tertiary/aromatic N) is 2. The number of hydrogen-bond donors (Lipinski definition) is 3. The molecule has 1 unspecified atom stereocenters. The van der Waals surface area contributed by atoms with Crippen LogP contribution >= 0.6 is 0 Å². The standard InChI is InChI=1S/C26H34N4O4S.C2HF3O2/c1-33-21-8-9-24-23(18-21)22-10-13-30(15-12-27-35(2,31)32)26(25(22)28-24)11-14-29(19-26)16-17-34-20-6-4-3-5-7-20;3-2(4,5)1(6)7/h3-9,18,27-28H,10-17,19H2,1-2H3;(H,6,7). The number of aromatic nitrogens is 1. The van der Waals surface area contributed by atoms with Crippen molar-refractivity contribution in [2.45, 2.75) is 24.6 Å². The zero-order chi connectivity index (χ0) is 30.5. The number of carbonyl (C=O) groups is 1. The lowest BCUT2D eigenvalue weighted by Gasteiger charge is -2.45. The Kier molecular flexibility index (Phi) is 9.70. The number of H-pyrrole nitrogens is 1. The van der Waals surface area contributed by atoms with Crippen molar-refractivity contribution in [2.24, 2.45) is 0 Å². The van der Waals surface area contributed by atoms with Crippen LogP contribution in [0, 0.1) is 0 Å². The number of fused-ring (bicyclic) bond motifs is 4. The SMILES string of the molecule is COc1ccc2[nH]c3c(c2c1)CCN(CCNS(C)(=O)=O)C31CCN(CCOc2ccccc2)C1.O=C(O)C(F)(F)F. The van der Waals surface area contributed by atoms with E-state index < -0.39 is 22.2 Å².